The van der Waals surface area contributed by atoms with Crippen molar-refractivity contribution < 1.29 is 14.3 Å². The molecule has 0 spiro atoms. The molecule has 0 aliphatic heterocycles. The summed E-state index contributed by atoms with van der Waals surface area (Å²) >= 11 is 0. The molecule has 1 atom stereocenters. The highest BCUT2D eigenvalue weighted by molar-refractivity contribution is 6.08. The van der Waals surface area contributed by atoms with Crippen LogP contribution in [0.3, 0.4) is 0 Å². The molecule has 2 aromatic carbocycles. The van der Waals surface area contributed by atoms with Gasteiger partial charge < -0.3 is 19.9 Å². The lowest BCUT2D eigenvalue weighted by molar-refractivity contribution is -0.114. The molecule has 0 radical (unpaired) electrons. The zero-order valence-electron chi connectivity index (χ0n) is 19.4. The number of hydrogen-bond acceptors (Lipinski definition) is 5. The molecule has 0 aliphatic carbocycles. The van der Waals surface area contributed by atoms with E-state index in [0.29, 0.717) is 47.0 Å². The summed E-state index contributed by atoms with van der Waals surface area (Å²) in [5, 5.41) is 5.86. The molecule has 0 unspecified atom stereocenters. The van der Waals surface area contributed by atoms with Crippen molar-refractivity contribution in [3.05, 3.63) is 78.0 Å². The minimum Gasteiger partial charge on any atom is -0.383 e. The maximum Gasteiger partial charge on any atom is 0.254 e. The fourth-order valence-electron chi connectivity index (χ4n) is 3.91. The van der Waals surface area contributed by atoms with E-state index in [-0.39, 0.29) is 17.9 Å². The Hall–Kier alpha value is -4.04. The number of carbonyl (C=O) groups is 2. The number of ether oxygens (including phenoxy) is 1. The van der Waals surface area contributed by atoms with Crippen molar-refractivity contribution in [2.24, 2.45) is 0 Å². The van der Waals surface area contributed by atoms with E-state index in [2.05, 4.69) is 15.6 Å². The molecule has 2 amide bonds. The van der Waals surface area contributed by atoms with Gasteiger partial charge in [0.15, 0.2) is 5.82 Å². The minimum absolute atomic E-state index is 0.209. The molecule has 4 aromatic rings. The van der Waals surface area contributed by atoms with Gasteiger partial charge in [0.25, 0.3) is 5.91 Å². The molecular formula is C26H27N5O3. The number of anilines is 1. The number of methoxy groups -OCH3 is 1. The molecule has 2 heterocycles. The number of aromatic nitrogens is 3. The van der Waals surface area contributed by atoms with Gasteiger partial charge in [-0.1, -0.05) is 36.4 Å². The average molecular weight is 458 g/mol. The molecule has 2 aromatic heterocycles. The van der Waals surface area contributed by atoms with Crippen molar-refractivity contribution in [1.29, 1.82) is 0 Å². The third kappa shape index (κ3) is 4.97. The van der Waals surface area contributed by atoms with Crippen LogP contribution in [-0.4, -0.2) is 40.1 Å². The molecule has 2 N–H and O–H groups in total. The molecule has 34 heavy (non-hydrogen) atoms. The Morgan fingerprint density at radius 2 is 1.85 bits per heavy atom. The normalized spacial score (nSPS) is 11.9. The van der Waals surface area contributed by atoms with Crippen molar-refractivity contribution in [3.63, 3.8) is 0 Å². The summed E-state index contributed by atoms with van der Waals surface area (Å²) in [4.78, 5) is 34.6. The molecule has 4 rings (SSSR count). The number of hydrogen-bond donors (Lipinski definition) is 2. The smallest absolute Gasteiger partial charge is 0.254 e. The van der Waals surface area contributed by atoms with Gasteiger partial charge in [0, 0.05) is 32.5 Å². The van der Waals surface area contributed by atoms with Crippen molar-refractivity contribution >= 4 is 28.5 Å². The Labute approximate surface area is 198 Å². The van der Waals surface area contributed by atoms with Gasteiger partial charge in [-0.2, -0.15) is 0 Å². The van der Waals surface area contributed by atoms with Crippen LogP contribution in [0.2, 0.25) is 0 Å². The van der Waals surface area contributed by atoms with E-state index in [0.717, 1.165) is 5.56 Å². The standard InChI is InChI=1S/C26H27N5O3/c1-17(19-9-5-4-6-10-19)28-26(33)21-15-20(29-18(2)32)16-23-24(21)31(13-14-34-3)25(30-23)22-11-7-8-12-27-22/h4-12,15-17H,13-14H2,1-3H3,(H,28,33)(H,29,32)/t17-/m0/s1. The number of pyridine rings is 1. The first-order valence-corrected chi connectivity index (χ1v) is 11.1. The quantitative estimate of drug-likeness (QED) is 0.413. The largest absolute Gasteiger partial charge is 0.383 e. The van der Waals surface area contributed by atoms with Crippen LogP contribution in [-0.2, 0) is 16.1 Å². The van der Waals surface area contributed by atoms with Crippen LogP contribution in [0.1, 0.15) is 35.8 Å². The fraction of sp³-hybridized carbons (Fsp3) is 0.231. The van der Waals surface area contributed by atoms with Crippen molar-refractivity contribution in [1.82, 2.24) is 19.9 Å². The fourth-order valence-corrected chi connectivity index (χ4v) is 3.91. The molecule has 174 valence electrons. The first kappa shape index (κ1) is 23.1. The second-order valence-corrected chi connectivity index (χ2v) is 7.97. The summed E-state index contributed by atoms with van der Waals surface area (Å²) in [6.45, 7) is 4.27. The predicted molar refractivity (Wildman–Crippen MR) is 131 cm³/mol. The highest BCUT2D eigenvalue weighted by atomic mass is 16.5. The summed E-state index contributed by atoms with van der Waals surface area (Å²) in [7, 11) is 1.63. The van der Waals surface area contributed by atoms with Gasteiger partial charge in [-0.25, -0.2) is 4.98 Å². The zero-order valence-corrected chi connectivity index (χ0v) is 19.4. The van der Waals surface area contributed by atoms with E-state index in [4.69, 9.17) is 9.72 Å². The minimum atomic E-state index is -0.264. The summed E-state index contributed by atoms with van der Waals surface area (Å²) in [6.07, 6.45) is 1.70. The highest BCUT2D eigenvalue weighted by Gasteiger charge is 2.22. The maximum absolute atomic E-state index is 13.5. The predicted octanol–water partition coefficient (Wildman–Crippen LogP) is 4.19. The van der Waals surface area contributed by atoms with Gasteiger partial charge in [-0.05, 0) is 36.8 Å². The third-order valence-corrected chi connectivity index (χ3v) is 5.47. The monoisotopic (exact) mass is 457 g/mol. The van der Waals surface area contributed by atoms with Gasteiger partial charge in [0.2, 0.25) is 5.91 Å². The molecule has 8 nitrogen and oxygen atoms in total. The van der Waals surface area contributed by atoms with E-state index >= 15 is 0 Å². The molecule has 0 bridgehead atoms. The van der Waals surface area contributed by atoms with E-state index in [1.807, 2.05) is 60.0 Å². The number of benzene rings is 2. The summed E-state index contributed by atoms with van der Waals surface area (Å²) < 4.78 is 7.27. The van der Waals surface area contributed by atoms with E-state index < -0.39 is 0 Å². The van der Waals surface area contributed by atoms with Crippen LogP contribution in [0.15, 0.2) is 66.9 Å². The van der Waals surface area contributed by atoms with Crippen LogP contribution in [0.4, 0.5) is 5.69 Å². The van der Waals surface area contributed by atoms with Crippen molar-refractivity contribution in [3.8, 4) is 11.5 Å². The van der Waals surface area contributed by atoms with Crippen molar-refractivity contribution in [2.75, 3.05) is 19.0 Å². The number of imidazole rings is 1. The van der Waals surface area contributed by atoms with Crippen LogP contribution in [0, 0.1) is 0 Å². The van der Waals surface area contributed by atoms with Crippen LogP contribution >= 0.6 is 0 Å². The Morgan fingerprint density at radius 1 is 1.09 bits per heavy atom. The van der Waals surface area contributed by atoms with E-state index in [9.17, 15) is 9.59 Å². The second kappa shape index (κ2) is 10.3. The van der Waals surface area contributed by atoms with Gasteiger partial charge in [0.1, 0.15) is 5.69 Å². The highest BCUT2D eigenvalue weighted by Crippen LogP contribution is 2.30. The van der Waals surface area contributed by atoms with Crippen LogP contribution in [0.25, 0.3) is 22.6 Å². The Morgan fingerprint density at radius 3 is 2.53 bits per heavy atom. The molecule has 0 saturated heterocycles. The van der Waals surface area contributed by atoms with Crippen molar-refractivity contribution in [2.45, 2.75) is 26.4 Å². The maximum atomic E-state index is 13.5. The van der Waals surface area contributed by atoms with Crippen LogP contribution < -0.4 is 10.6 Å². The Balaban J connectivity index is 1.86. The third-order valence-electron chi connectivity index (χ3n) is 5.47. The summed E-state index contributed by atoms with van der Waals surface area (Å²) in [5.74, 6) is 0.129. The Bertz CT molecular complexity index is 1300. The topological polar surface area (TPSA) is 98.1 Å². The van der Waals surface area contributed by atoms with E-state index in [1.54, 1.807) is 25.4 Å². The summed E-state index contributed by atoms with van der Waals surface area (Å²) in [5.41, 5.74) is 3.83. The molecule has 8 heteroatoms. The van der Waals surface area contributed by atoms with Crippen LogP contribution in [0.5, 0.6) is 0 Å². The Kier molecular flexibility index (Phi) is 6.98. The zero-order chi connectivity index (χ0) is 24.1. The number of rotatable bonds is 8. The first-order valence-electron chi connectivity index (χ1n) is 11.1. The lowest BCUT2D eigenvalue weighted by Crippen LogP contribution is -2.27. The summed E-state index contributed by atoms with van der Waals surface area (Å²) in [6, 6.07) is 18.6. The molecule has 0 saturated carbocycles. The number of amides is 2. The number of nitrogens with one attached hydrogen (secondary N) is 2. The van der Waals surface area contributed by atoms with Gasteiger partial charge in [-0.15, -0.1) is 0 Å². The number of nitrogens with zero attached hydrogens (tertiary/aromatic N) is 3. The molecular weight excluding hydrogens is 430 g/mol. The number of carbonyl (C=O) groups excluding carboxylic acids is 2. The first-order chi connectivity index (χ1) is 16.5. The van der Waals surface area contributed by atoms with E-state index in [1.165, 1.54) is 6.92 Å². The van der Waals surface area contributed by atoms with Gasteiger partial charge >= 0.3 is 0 Å². The van der Waals surface area contributed by atoms with Gasteiger partial charge in [-0.3, -0.25) is 14.6 Å². The lowest BCUT2D eigenvalue weighted by Gasteiger charge is -2.17. The van der Waals surface area contributed by atoms with Gasteiger partial charge in [0.05, 0.1) is 29.2 Å². The second-order valence-electron chi connectivity index (χ2n) is 7.97. The lowest BCUT2D eigenvalue weighted by atomic mass is 10.1. The molecule has 0 aliphatic rings. The SMILES string of the molecule is COCCn1c(-c2ccccn2)nc2cc(NC(C)=O)cc(C(=O)N[C@@H](C)c3ccccc3)c21. The molecule has 0 fully saturated rings. The average Bonchev–Trinajstić information content (AvgIpc) is 3.21. The number of fused-ring (bicyclic) bond motifs is 1.